The van der Waals surface area contributed by atoms with E-state index in [1.54, 1.807) is 27.2 Å². The predicted octanol–water partition coefficient (Wildman–Crippen LogP) is 3.01. The molecule has 0 radical (unpaired) electrons. The third-order valence-corrected chi connectivity index (χ3v) is 4.44. The number of benzene rings is 1. The molecule has 0 spiro atoms. The molecule has 0 unspecified atom stereocenters. The monoisotopic (exact) mass is 386 g/mol. The van der Waals surface area contributed by atoms with Gasteiger partial charge < -0.3 is 19.7 Å². The Bertz CT molecular complexity index is 795. The molecule has 1 heterocycles. The summed E-state index contributed by atoms with van der Waals surface area (Å²) in [4.78, 5) is 23.3. The van der Waals surface area contributed by atoms with E-state index in [4.69, 9.17) is 9.47 Å². The molecule has 0 fully saturated rings. The van der Waals surface area contributed by atoms with Crippen LogP contribution < -0.4 is 19.7 Å². The number of carbonyl (C=O) groups is 1. The fraction of sp³-hybridized carbons (Fsp3) is 0.476. The van der Waals surface area contributed by atoms with Crippen LogP contribution in [0.2, 0.25) is 0 Å². The number of hydrogen-bond acceptors (Lipinski definition) is 6. The highest BCUT2D eigenvalue weighted by Gasteiger charge is 2.13. The topological polar surface area (TPSA) is 76.6 Å². The zero-order valence-electron chi connectivity index (χ0n) is 17.4. The molecule has 152 valence electrons. The smallest absolute Gasteiger partial charge is 0.270 e. The SMILES string of the molecule is CCCCN(C)c1cc(C(=O)NCCc2ccc(OC)c(OC)c2)nc(C)n1. The Kier molecular flexibility index (Phi) is 8.04. The number of carbonyl (C=O) groups excluding carboxylic acids is 1. The number of aryl methyl sites for hydroxylation is 1. The van der Waals surface area contributed by atoms with Crippen LogP contribution in [0, 0.1) is 6.92 Å². The van der Waals surface area contributed by atoms with E-state index >= 15 is 0 Å². The molecule has 7 heteroatoms. The zero-order valence-corrected chi connectivity index (χ0v) is 17.4. The highest BCUT2D eigenvalue weighted by Crippen LogP contribution is 2.27. The van der Waals surface area contributed by atoms with Crippen molar-refractivity contribution >= 4 is 11.7 Å². The largest absolute Gasteiger partial charge is 0.493 e. The van der Waals surface area contributed by atoms with Crippen molar-refractivity contribution in [2.75, 3.05) is 39.3 Å². The summed E-state index contributed by atoms with van der Waals surface area (Å²) in [5.41, 5.74) is 1.44. The number of ether oxygens (including phenoxy) is 2. The molecule has 1 aromatic carbocycles. The Morgan fingerprint density at radius 2 is 1.89 bits per heavy atom. The molecule has 28 heavy (non-hydrogen) atoms. The van der Waals surface area contributed by atoms with E-state index in [0.29, 0.717) is 36.0 Å². The Hall–Kier alpha value is -2.83. The molecule has 0 saturated heterocycles. The zero-order chi connectivity index (χ0) is 20.5. The van der Waals surface area contributed by atoms with Crippen LogP contribution in [-0.2, 0) is 6.42 Å². The second-order valence-corrected chi connectivity index (χ2v) is 6.63. The minimum atomic E-state index is -0.198. The lowest BCUT2D eigenvalue weighted by Crippen LogP contribution is -2.28. The van der Waals surface area contributed by atoms with E-state index in [-0.39, 0.29) is 5.91 Å². The van der Waals surface area contributed by atoms with E-state index in [9.17, 15) is 4.79 Å². The molecule has 2 aromatic rings. The summed E-state index contributed by atoms with van der Waals surface area (Å²) in [6, 6.07) is 7.49. The lowest BCUT2D eigenvalue weighted by Gasteiger charge is -2.18. The highest BCUT2D eigenvalue weighted by atomic mass is 16.5. The van der Waals surface area contributed by atoms with Crippen LogP contribution in [0.1, 0.15) is 41.6 Å². The van der Waals surface area contributed by atoms with Crippen molar-refractivity contribution in [3.8, 4) is 11.5 Å². The maximum Gasteiger partial charge on any atom is 0.270 e. The van der Waals surface area contributed by atoms with Crippen LogP contribution in [0.4, 0.5) is 5.82 Å². The fourth-order valence-corrected chi connectivity index (χ4v) is 2.82. The Balaban J connectivity index is 1.98. The first kappa shape index (κ1) is 21.5. The molecule has 0 aliphatic rings. The van der Waals surface area contributed by atoms with Crippen molar-refractivity contribution in [2.24, 2.45) is 0 Å². The molecule has 1 amide bonds. The van der Waals surface area contributed by atoms with Crippen molar-refractivity contribution in [3.05, 3.63) is 41.3 Å². The van der Waals surface area contributed by atoms with Gasteiger partial charge in [0, 0.05) is 26.2 Å². The maximum atomic E-state index is 12.5. The van der Waals surface area contributed by atoms with Gasteiger partial charge in [-0.25, -0.2) is 9.97 Å². The molecular weight excluding hydrogens is 356 g/mol. The molecule has 0 aliphatic heterocycles. The predicted molar refractivity (Wildman–Crippen MR) is 111 cm³/mol. The Morgan fingerprint density at radius 1 is 1.14 bits per heavy atom. The minimum absolute atomic E-state index is 0.198. The normalized spacial score (nSPS) is 10.5. The number of unbranched alkanes of at least 4 members (excludes halogenated alkanes) is 1. The number of methoxy groups -OCH3 is 2. The summed E-state index contributed by atoms with van der Waals surface area (Å²) >= 11 is 0. The van der Waals surface area contributed by atoms with Gasteiger partial charge in [-0.2, -0.15) is 0 Å². The Morgan fingerprint density at radius 3 is 2.57 bits per heavy atom. The molecular formula is C21H30N4O3. The number of aromatic nitrogens is 2. The van der Waals surface area contributed by atoms with Gasteiger partial charge in [-0.3, -0.25) is 4.79 Å². The van der Waals surface area contributed by atoms with E-state index in [2.05, 4.69) is 27.1 Å². The first-order valence-electron chi connectivity index (χ1n) is 9.54. The van der Waals surface area contributed by atoms with Gasteiger partial charge >= 0.3 is 0 Å². The van der Waals surface area contributed by atoms with Gasteiger partial charge in [0.1, 0.15) is 17.3 Å². The summed E-state index contributed by atoms with van der Waals surface area (Å²) < 4.78 is 10.6. The second-order valence-electron chi connectivity index (χ2n) is 6.63. The second kappa shape index (κ2) is 10.5. The minimum Gasteiger partial charge on any atom is -0.493 e. The standard InChI is InChI=1S/C21H30N4O3/c1-6-7-12-25(3)20-14-17(23-15(2)24-20)21(26)22-11-10-16-8-9-18(27-4)19(13-16)28-5/h8-9,13-14H,6-7,10-12H2,1-5H3,(H,22,26). The molecule has 2 rings (SSSR count). The summed E-state index contributed by atoms with van der Waals surface area (Å²) in [5, 5.41) is 2.93. The fourth-order valence-electron chi connectivity index (χ4n) is 2.82. The van der Waals surface area contributed by atoms with Crippen LogP contribution in [0.3, 0.4) is 0 Å². The molecule has 7 nitrogen and oxygen atoms in total. The average molecular weight is 386 g/mol. The lowest BCUT2D eigenvalue weighted by atomic mass is 10.1. The first-order chi connectivity index (χ1) is 13.5. The number of rotatable bonds is 10. The molecule has 0 atom stereocenters. The lowest BCUT2D eigenvalue weighted by molar-refractivity contribution is 0.0948. The number of nitrogens with one attached hydrogen (secondary N) is 1. The third-order valence-electron chi connectivity index (χ3n) is 4.44. The van der Waals surface area contributed by atoms with E-state index in [1.807, 2.05) is 25.2 Å². The molecule has 1 N–H and O–H groups in total. The van der Waals surface area contributed by atoms with Gasteiger partial charge in [0.15, 0.2) is 11.5 Å². The number of anilines is 1. The average Bonchev–Trinajstić information content (AvgIpc) is 2.71. The Labute approximate surface area is 167 Å². The molecule has 0 aliphatic carbocycles. The van der Waals surface area contributed by atoms with Crippen molar-refractivity contribution in [1.82, 2.24) is 15.3 Å². The van der Waals surface area contributed by atoms with Crippen LogP contribution in [-0.4, -0.2) is 50.2 Å². The molecule has 0 saturated carbocycles. The van der Waals surface area contributed by atoms with Gasteiger partial charge in [-0.05, 0) is 37.5 Å². The number of hydrogen-bond donors (Lipinski definition) is 1. The van der Waals surface area contributed by atoms with Crippen molar-refractivity contribution in [1.29, 1.82) is 0 Å². The van der Waals surface area contributed by atoms with Gasteiger partial charge in [-0.15, -0.1) is 0 Å². The van der Waals surface area contributed by atoms with Gasteiger partial charge in [0.05, 0.1) is 14.2 Å². The first-order valence-corrected chi connectivity index (χ1v) is 9.54. The molecule has 0 bridgehead atoms. The quantitative estimate of drug-likeness (QED) is 0.676. The van der Waals surface area contributed by atoms with Crippen LogP contribution in [0.15, 0.2) is 24.3 Å². The highest BCUT2D eigenvalue weighted by molar-refractivity contribution is 5.92. The summed E-state index contributed by atoms with van der Waals surface area (Å²) in [6.45, 7) is 5.35. The van der Waals surface area contributed by atoms with Crippen LogP contribution in [0.25, 0.3) is 0 Å². The van der Waals surface area contributed by atoms with Gasteiger partial charge in [0.2, 0.25) is 0 Å². The third kappa shape index (κ3) is 5.84. The summed E-state index contributed by atoms with van der Waals surface area (Å²) in [7, 11) is 5.20. The van der Waals surface area contributed by atoms with Gasteiger partial charge in [-0.1, -0.05) is 19.4 Å². The van der Waals surface area contributed by atoms with E-state index < -0.39 is 0 Å². The van der Waals surface area contributed by atoms with Crippen LogP contribution in [0.5, 0.6) is 11.5 Å². The summed E-state index contributed by atoms with van der Waals surface area (Å²) in [5.74, 6) is 2.52. The van der Waals surface area contributed by atoms with Crippen molar-refractivity contribution in [3.63, 3.8) is 0 Å². The molecule has 1 aromatic heterocycles. The number of amides is 1. The van der Waals surface area contributed by atoms with Crippen molar-refractivity contribution in [2.45, 2.75) is 33.1 Å². The maximum absolute atomic E-state index is 12.5. The number of nitrogens with zero attached hydrogens (tertiary/aromatic N) is 3. The van der Waals surface area contributed by atoms with Crippen molar-refractivity contribution < 1.29 is 14.3 Å². The summed E-state index contributed by atoms with van der Waals surface area (Å²) in [6.07, 6.45) is 2.86. The van der Waals surface area contributed by atoms with E-state index in [1.165, 1.54) is 0 Å². The van der Waals surface area contributed by atoms with Crippen LogP contribution >= 0.6 is 0 Å². The van der Waals surface area contributed by atoms with E-state index in [0.717, 1.165) is 30.8 Å². The van der Waals surface area contributed by atoms with Gasteiger partial charge in [0.25, 0.3) is 5.91 Å².